The Labute approximate surface area is 800 Å². The SMILES string of the molecule is C=CCc1c[c-]c(-c2ccccn2)cc1.CC(O)CC(C)O.CC(O)CC(C)O.Fc1c[c-]c(-c2ccccn2)c(F)c1.Fc1cnc(-c2[c-]cccc2)c(F)c1.O=C(O)c1ccccn1.[Ir].[Pd+2].[Pd].[Rh].[Rh].[Rh].[c-]1ccccc1.[c-]1ccccc1-c1[c-]c2ccccc2s1.[c-]1ccccc1-c1ccccn1.[c-]1ccsc1-c1ccccn1.c1ccncc1. The summed E-state index contributed by atoms with van der Waals surface area (Å²) >= 11 is 3.42. The van der Waals surface area contributed by atoms with Gasteiger partial charge in [-0.2, -0.15) is 78.9 Å². The van der Waals surface area contributed by atoms with Gasteiger partial charge in [0.25, 0.3) is 0 Å². The van der Waals surface area contributed by atoms with Crippen molar-refractivity contribution in [1.29, 1.82) is 0 Å². The summed E-state index contributed by atoms with van der Waals surface area (Å²) in [6.07, 6.45) is 15.1. The summed E-state index contributed by atoms with van der Waals surface area (Å²) in [5.41, 5.74) is 8.71. The normalized spacial score (nSPS) is 10.3. The molecule has 16 aromatic rings. The molecule has 0 aliphatic heterocycles. The molecule has 0 saturated heterocycles. The van der Waals surface area contributed by atoms with Crippen LogP contribution in [0.2, 0.25) is 0 Å². The number of nitrogens with zero attached hydrogens (tertiary/aromatic N) is 7. The molecule has 646 valence electrons. The van der Waals surface area contributed by atoms with Crippen LogP contribution in [0.15, 0.2) is 347 Å². The maximum atomic E-state index is 13.2. The van der Waals surface area contributed by atoms with Gasteiger partial charge in [0.05, 0.1) is 30.6 Å². The van der Waals surface area contributed by atoms with Crippen molar-refractivity contribution in [2.24, 2.45) is 0 Å². The summed E-state index contributed by atoms with van der Waals surface area (Å²) in [5, 5.41) is 45.8. The Morgan fingerprint density at radius 2 is 0.910 bits per heavy atom. The molecule has 4 radical (unpaired) electrons. The fourth-order valence-electron chi connectivity index (χ4n) is 9.39. The summed E-state index contributed by atoms with van der Waals surface area (Å²) in [4.78, 5) is 40.1. The van der Waals surface area contributed by atoms with Crippen molar-refractivity contribution >= 4 is 38.7 Å². The van der Waals surface area contributed by atoms with Crippen LogP contribution in [0.4, 0.5) is 17.6 Å². The molecule has 9 aromatic heterocycles. The van der Waals surface area contributed by atoms with E-state index in [2.05, 4.69) is 120 Å². The molecule has 122 heavy (non-hydrogen) atoms. The predicted molar refractivity (Wildman–Crippen MR) is 456 cm³/mol. The van der Waals surface area contributed by atoms with Crippen molar-refractivity contribution in [2.45, 2.75) is 71.4 Å². The zero-order valence-electron chi connectivity index (χ0n) is 66.0. The van der Waals surface area contributed by atoms with Gasteiger partial charge in [-0.15, -0.1) is 160 Å². The number of aliphatic hydroxyl groups is 4. The molecular formula is C97H85F4IrN7O6Pd2Rh3S2-6. The van der Waals surface area contributed by atoms with Crippen molar-refractivity contribution in [3.8, 4) is 66.0 Å². The van der Waals surface area contributed by atoms with Crippen LogP contribution in [-0.4, -0.2) is 90.8 Å². The first-order valence-corrected chi connectivity index (χ1v) is 37.9. The molecular weight excluding hydrogens is 2210 g/mol. The van der Waals surface area contributed by atoms with Crippen LogP contribution >= 0.6 is 22.7 Å². The first-order chi connectivity index (χ1) is 56.4. The summed E-state index contributed by atoms with van der Waals surface area (Å²) < 4.78 is 52.8. The molecule has 16 rings (SSSR count). The minimum Gasteiger partial charge on any atom is -0.477 e. The first kappa shape index (κ1) is 113. The van der Waals surface area contributed by atoms with Crippen LogP contribution in [0, 0.1) is 71.8 Å². The zero-order valence-corrected chi connectivity index (χ0v) is 78.1. The second-order valence-corrected chi connectivity index (χ2v) is 26.2. The van der Waals surface area contributed by atoms with Crippen LogP contribution in [0.5, 0.6) is 0 Å². The van der Waals surface area contributed by atoms with E-state index in [0.717, 1.165) is 74.3 Å². The van der Waals surface area contributed by atoms with Crippen molar-refractivity contribution in [3.05, 3.63) is 430 Å². The number of benzene rings is 7. The number of aromatic carboxylic acids is 1. The van der Waals surface area contributed by atoms with E-state index in [-0.39, 0.29) is 161 Å². The summed E-state index contributed by atoms with van der Waals surface area (Å²) in [6.45, 7) is 10.3. The van der Waals surface area contributed by atoms with Gasteiger partial charge in [-0.1, -0.05) is 100 Å². The van der Waals surface area contributed by atoms with Crippen LogP contribution in [0.25, 0.3) is 76.1 Å². The molecule has 25 heteroatoms. The van der Waals surface area contributed by atoms with Gasteiger partial charge in [0.2, 0.25) is 0 Å². The number of pyridine rings is 7. The number of carboxylic acid groups (broad SMARTS) is 1. The topological polar surface area (TPSA) is 208 Å². The Balaban J connectivity index is 0.00000133. The number of hydrogen-bond donors (Lipinski definition) is 5. The summed E-state index contributed by atoms with van der Waals surface area (Å²) in [7, 11) is 0. The van der Waals surface area contributed by atoms with Crippen LogP contribution < -0.4 is 0 Å². The van der Waals surface area contributed by atoms with E-state index in [1.54, 1.807) is 142 Å². The zero-order chi connectivity index (χ0) is 83.2. The largest absolute Gasteiger partial charge is 2.00 e. The van der Waals surface area contributed by atoms with Gasteiger partial charge in [-0.05, 0) is 118 Å². The third-order valence-corrected chi connectivity index (χ3v) is 16.4. The number of rotatable bonds is 13. The maximum absolute atomic E-state index is 13.2. The third-order valence-electron chi connectivity index (χ3n) is 14.5. The third kappa shape index (κ3) is 47.5. The number of halogens is 4. The first-order valence-electron chi connectivity index (χ1n) is 36.2. The van der Waals surface area contributed by atoms with Crippen LogP contribution in [0.3, 0.4) is 0 Å². The number of thiophene rings is 2. The standard InChI is InChI=1S/C14H12N.C14H8S.2C11H6F2N.C11H8N.C9H6NS.C6H5NO2.C6H5.C5H5N.2C5H12O2.Ir.2Pd.3Rh/c1-2-5-12-7-9-13(10-8-12)14-6-3-4-11-15-14;1-2-6-11(7-3-1)14-10-12-8-4-5-9-13(12)15-14;12-8-4-5-9(10(13)7-8)11-3-1-2-6-14-11;12-9-6-10(13)11(14-7-9)8-4-2-1-3-5-8;1-2-6-10(7-3-1)11-8-4-5-9-12-11;1-2-6-10-8(4-1)9-5-3-7-11-9;8-6(9)5-3-1-2-4-7-5;2*1-2-4-6-5-3-1;2*1-4(6)3-5(2)7;;;;;;/h2-4,6-9,11H,1,5H2;1-6,8-9H;2*1-4,6-7H;1-6,8-9H;1-4,6-7H;1-4H,(H,8,9);2*1-5H;2*4-7H,3H2,1-2H3;;;;;;/q-1;-2;4*-1;;-1;;;;;;+2;;;. The molecule has 0 aliphatic carbocycles. The molecule has 4 atom stereocenters. The molecule has 0 aliphatic rings. The van der Waals surface area contributed by atoms with Gasteiger partial charge in [-0.25, -0.2) is 35.5 Å². The van der Waals surface area contributed by atoms with E-state index in [4.69, 9.17) is 25.5 Å². The molecule has 0 saturated carbocycles. The second-order valence-electron chi connectivity index (χ2n) is 24.3. The number of aliphatic hydroxyl groups excluding tert-OH is 4. The van der Waals surface area contributed by atoms with Crippen molar-refractivity contribution < 1.29 is 167 Å². The van der Waals surface area contributed by atoms with Crippen molar-refractivity contribution in [3.63, 3.8) is 0 Å². The van der Waals surface area contributed by atoms with Gasteiger partial charge in [-0.3, -0.25) is 30.1 Å². The van der Waals surface area contributed by atoms with E-state index in [9.17, 15) is 22.4 Å². The molecule has 0 bridgehead atoms. The molecule has 0 fully saturated rings. The smallest absolute Gasteiger partial charge is 0.477 e. The fraction of sp³-hybridized carbons (Fsp3) is 0.113. The van der Waals surface area contributed by atoms with Gasteiger partial charge in [0, 0.05) is 166 Å². The molecule has 0 spiro atoms. The fourth-order valence-corrected chi connectivity index (χ4v) is 11.0. The molecule has 9 heterocycles. The Hall–Kier alpha value is -9.14. The summed E-state index contributed by atoms with van der Waals surface area (Å²) in [6, 6.07) is 109. The quantitative estimate of drug-likeness (QED) is 0.0315. The molecule has 4 unspecified atom stereocenters. The predicted octanol–water partition coefficient (Wildman–Crippen LogP) is 21.9. The number of carboxylic acids is 1. The van der Waals surface area contributed by atoms with E-state index >= 15 is 0 Å². The van der Waals surface area contributed by atoms with Crippen molar-refractivity contribution in [2.75, 3.05) is 0 Å². The van der Waals surface area contributed by atoms with E-state index in [1.165, 1.54) is 27.9 Å². The van der Waals surface area contributed by atoms with Crippen LogP contribution in [0.1, 0.15) is 56.6 Å². The van der Waals surface area contributed by atoms with Gasteiger partial charge < -0.3 is 45.5 Å². The number of aromatic nitrogens is 7. The van der Waals surface area contributed by atoms with Gasteiger partial charge in [0.1, 0.15) is 17.3 Å². The number of hydrogen-bond acceptors (Lipinski definition) is 14. The van der Waals surface area contributed by atoms with E-state index in [0.29, 0.717) is 24.1 Å². The Bertz CT molecular complexity index is 4960. The Morgan fingerprint density at radius 1 is 0.451 bits per heavy atom. The number of carbonyl (C=O) groups is 1. The average Bonchev–Trinajstić information content (AvgIpc) is 1.69. The molecule has 5 N–H and O–H groups in total. The second kappa shape index (κ2) is 68.3. The van der Waals surface area contributed by atoms with E-state index < -0.39 is 29.2 Å². The van der Waals surface area contributed by atoms with Crippen molar-refractivity contribution in [1.82, 2.24) is 34.9 Å². The maximum Gasteiger partial charge on any atom is 2.00 e. The molecule has 13 nitrogen and oxygen atoms in total. The van der Waals surface area contributed by atoms with E-state index in [1.807, 2.05) is 181 Å². The number of allylic oxidation sites excluding steroid dienone is 1. The number of fused-ring (bicyclic) bond motifs is 1. The van der Waals surface area contributed by atoms with Gasteiger partial charge >= 0.3 is 26.4 Å². The Morgan fingerprint density at radius 3 is 1.29 bits per heavy atom. The minimum absolute atomic E-state index is 0. The molecule has 7 aromatic carbocycles. The average molecular weight is 2300 g/mol. The van der Waals surface area contributed by atoms with Crippen LogP contribution in [-0.2, 0) is 126 Å². The minimum atomic E-state index is -0.990. The van der Waals surface area contributed by atoms with Gasteiger partial charge in [0.15, 0.2) is 0 Å². The molecule has 0 amide bonds. The monoisotopic (exact) mass is 2300 g/mol. The summed E-state index contributed by atoms with van der Waals surface area (Å²) in [5.74, 6) is -3.63. The Kier molecular flexibility index (Phi) is 63.2.